The van der Waals surface area contributed by atoms with Crippen LogP contribution in [0.1, 0.15) is 32.4 Å². The molecule has 0 saturated heterocycles. The second-order valence-electron chi connectivity index (χ2n) is 4.87. The minimum Gasteiger partial charge on any atom is -0.395 e. The van der Waals surface area contributed by atoms with E-state index in [-0.39, 0.29) is 18.9 Å². The molecule has 0 saturated carbocycles. The van der Waals surface area contributed by atoms with Gasteiger partial charge in [-0.1, -0.05) is 12.0 Å². The first-order valence-electron chi connectivity index (χ1n) is 6.38. The van der Waals surface area contributed by atoms with Gasteiger partial charge in [0.1, 0.15) is 11.5 Å². The van der Waals surface area contributed by atoms with Crippen LogP contribution in [0.3, 0.4) is 0 Å². The second kappa shape index (κ2) is 7.63. The van der Waals surface area contributed by atoms with Crippen LogP contribution in [0, 0.1) is 11.8 Å². The Kier molecular flexibility index (Phi) is 6.16. The number of anilines is 1. The minimum atomic E-state index is -0.511. The third-order valence-electron chi connectivity index (χ3n) is 2.61. The molecule has 0 bridgehead atoms. The zero-order valence-corrected chi connectivity index (χ0v) is 12.1. The van der Waals surface area contributed by atoms with Gasteiger partial charge in [-0.2, -0.15) is 0 Å². The average molecular weight is 276 g/mol. The number of amides is 1. The Morgan fingerprint density at radius 3 is 2.90 bits per heavy atom. The maximum Gasteiger partial charge on any atom is 0.228 e. The van der Waals surface area contributed by atoms with E-state index in [1.165, 1.54) is 0 Å². The average Bonchev–Trinajstić information content (AvgIpc) is 2.39. The lowest BCUT2D eigenvalue weighted by Crippen LogP contribution is -2.29. The van der Waals surface area contributed by atoms with Crippen LogP contribution in [0.2, 0.25) is 0 Å². The number of aliphatic hydroxyl groups is 1. The lowest BCUT2D eigenvalue weighted by atomic mass is 10.1. The summed E-state index contributed by atoms with van der Waals surface area (Å²) in [4.78, 5) is 16.1. The fourth-order valence-electron chi connectivity index (χ4n) is 1.43. The van der Waals surface area contributed by atoms with Crippen molar-refractivity contribution in [1.29, 1.82) is 0 Å². The minimum absolute atomic E-state index is 0.0233. The summed E-state index contributed by atoms with van der Waals surface area (Å²) >= 11 is 0. The summed E-state index contributed by atoms with van der Waals surface area (Å²) in [6, 6.07) is 5.22. The number of aliphatic hydroxyl groups excluding tert-OH is 1. The number of carbonyl (C=O) groups is 1. The molecule has 0 aliphatic carbocycles. The highest BCUT2D eigenvalue weighted by atomic mass is 16.5. The van der Waals surface area contributed by atoms with Crippen LogP contribution in [0.4, 0.5) is 5.82 Å². The van der Waals surface area contributed by atoms with Crippen LogP contribution < -0.4 is 5.32 Å². The fourth-order valence-corrected chi connectivity index (χ4v) is 1.43. The number of rotatable bonds is 5. The topological polar surface area (TPSA) is 71.5 Å². The van der Waals surface area contributed by atoms with Crippen LogP contribution in [0.5, 0.6) is 0 Å². The monoisotopic (exact) mass is 276 g/mol. The molecule has 0 aliphatic heterocycles. The van der Waals surface area contributed by atoms with Crippen molar-refractivity contribution >= 4 is 11.7 Å². The molecule has 1 heterocycles. The highest BCUT2D eigenvalue weighted by Gasteiger charge is 2.21. The molecular weight excluding hydrogens is 256 g/mol. The Morgan fingerprint density at radius 1 is 1.50 bits per heavy atom. The molecular formula is C15H20N2O3. The Balaban J connectivity index is 2.67. The third-order valence-corrected chi connectivity index (χ3v) is 2.61. The summed E-state index contributed by atoms with van der Waals surface area (Å²) < 4.78 is 5.21. The zero-order valence-electron chi connectivity index (χ0n) is 12.1. The number of nitrogens with zero attached hydrogens (tertiary/aromatic N) is 1. The van der Waals surface area contributed by atoms with Crippen LogP contribution in [-0.4, -0.2) is 35.3 Å². The Labute approximate surface area is 119 Å². The largest absolute Gasteiger partial charge is 0.395 e. The smallest absolute Gasteiger partial charge is 0.228 e. The van der Waals surface area contributed by atoms with Crippen molar-refractivity contribution in [2.75, 3.05) is 19.0 Å². The summed E-state index contributed by atoms with van der Waals surface area (Å²) in [6.07, 6.45) is 0.645. The molecule has 0 fully saturated rings. The summed E-state index contributed by atoms with van der Waals surface area (Å²) in [6.45, 7) is 3.71. The van der Waals surface area contributed by atoms with E-state index >= 15 is 0 Å². The van der Waals surface area contributed by atoms with Crippen molar-refractivity contribution in [1.82, 2.24) is 4.98 Å². The first-order valence-corrected chi connectivity index (χ1v) is 6.38. The molecule has 1 amide bonds. The molecule has 1 aromatic rings. The standard InChI is InChI=1S/C15H20N2O3/c1-15(2,20-3)11-14(19)17-13-9-6-8-12(16-13)7-4-5-10-18/h6,8-9,18H,5,10-11H2,1-3H3,(H,16,17,19). The van der Waals surface area contributed by atoms with Gasteiger partial charge in [-0.15, -0.1) is 0 Å². The molecule has 1 rings (SSSR count). The van der Waals surface area contributed by atoms with E-state index in [0.29, 0.717) is 17.9 Å². The van der Waals surface area contributed by atoms with Gasteiger partial charge in [-0.05, 0) is 31.9 Å². The highest BCUT2D eigenvalue weighted by molar-refractivity contribution is 5.90. The van der Waals surface area contributed by atoms with Gasteiger partial charge in [0.15, 0.2) is 0 Å². The molecule has 0 spiro atoms. The van der Waals surface area contributed by atoms with Gasteiger partial charge >= 0.3 is 0 Å². The number of aromatic nitrogens is 1. The van der Waals surface area contributed by atoms with Gasteiger partial charge in [0.2, 0.25) is 5.91 Å². The SMILES string of the molecule is COC(C)(C)CC(=O)Nc1cccc(C#CCCO)n1. The van der Waals surface area contributed by atoms with Gasteiger partial charge in [0.05, 0.1) is 18.6 Å². The molecule has 1 aromatic heterocycles. The van der Waals surface area contributed by atoms with E-state index < -0.39 is 5.60 Å². The maximum absolute atomic E-state index is 11.9. The number of hydrogen-bond acceptors (Lipinski definition) is 4. The number of pyridine rings is 1. The Hall–Kier alpha value is -1.90. The fraction of sp³-hybridized carbons (Fsp3) is 0.467. The zero-order chi connectivity index (χ0) is 15.0. The molecule has 0 radical (unpaired) electrons. The molecule has 0 aromatic carbocycles. The summed E-state index contributed by atoms with van der Waals surface area (Å²) in [7, 11) is 1.57. The first-order chi connectivity index (χ1) is 9.46. The molecule has 5 nitrogen and oxygen atoms in total. The van der Waals surface area contributed by atoms with Crippen molar-refractivity contribution in [3.63, 3.8) is 0 Å². The van der Waals surface area contributed by atoms with Crippen molar-refractivity contribution in [3.05, 3.63) is 23.9 Å². The Bertz CT molecular complexity index is 515. The Morgan fingerprint density at radius 2 is 2.25 bits per heavy atom. The first kappa shape index (κ1) is 16.2. The van der Waals surface area contributed by atoms with Crippen LogP contribution in [0.15, 0.2) is 18.2 Å². The van der Waals surface area contributed by atoms with Crippen molar-refractivity contribution in [2.45, 2.75) is 32.3 Å². The third kappa shape index (κ3) is 5.83. The van der Waals surface area contributed by atoms with E-state index in [1.807, 2.05) is 13.8 Å². The quantitative estimate of drug-likeness (QED) is 0.801. The van der Waals surface area contributed by atoms with E-state index in [0.717, 1.165) is 0 Å². The van der Waals surface area contributed by atoms with Gasteiger partial charge in [0.25, 0.3) is 0 Å². The molecule has 0 unspecified atom stereocenters. The molecule has 0 aliphatic rings. The molecule has 0 atom stereocenters. The maximum atomic E-state index is 11.9. The van der Waals surface area contributed by atoms with E-state index in [1.54, 1.807) is 25.3 Å². The molecule has 2 N–H and O–H groups in total. The second-order valence-corrected chi connectivity index (χ2v) is 4.87. The predicted octanol–water partition coefficient (Wildman–Crippen LogP) is 1.57. The van der Waals surface area contributed by atoms with Gasteiger partial charge in [-0.25, -0.2) is 4.98 Å². The van der Waals surface area contributed by atoms with Crippen molar-refractivity contribution in [3.8, 4) is 11.8 Å². The van der Waals surface area contributed by atoms with Gasteiger partial charge in [0, 0.05) is 13.5 Å². The number of methoxy groups -OCH3 is 1. The molecule has 5 heteroatoms. The van der Waals surface area contributed by atoms with E-state index in [2.05, 4.69) is 22.1 Å². The van der Waals surface area contributed by atoms with Crippen molar-refractivity contribution in [2.24, 2.45) is 0 Å². The highest BCUT2D eigenvalue weighted by Crippen LogP contribution is 2.14. The van der Waals surface area contributed by atoms with Crippen LogP contribution in [-0.2, 0) is 9.53 Å². The molecule has 108 valence electrons. The predicted molar refractivity (Wildman–Crippen MR) is 77.2 cm³/mol. The lowest BCUT2D eigenvalue weighted by Gasteiger charge is -2.21. The van der Waals surface area contributed by atoms with Gasteiger partial charge in [-0.3, -0.25) is 4.79 Å². The normalized spacial score (nSPS) is 10.6. The number of nitrogens with one attached hydrogen (secondary N) is 1. The van der Waals surface area contributed by atoms with Gasteiger partial charge < -0.3 is 15.2 Å². The van der Waals surface area contributed by atoms with E-state index in [4.69, 9.17) is 9.84 Å². The van der Waals surface area contributed by atoms with Crippen LogP contribution in [0.25, 0.3) is 0 Å². The summed E-state index contributed by atoms with van der Waals surface area (Å²) in [5.41, 5.74) is 0.0464. The number of hydrogen-bond donors (Lipinski definition) is 2. The number of ether oxygens (including phenoxy) is 1. The summed E-state index contributed by atoms with van der Waals surface area (Å²) in [5, 5.41) is 11.4. The van der Waals surface area contributed by atoms with Crippen LogP contribution >= 0.6 is 0 Å². The van der Waals surface area contributed by atoms with E-state index in [9.17, 15) is 4.79 Å². The lowest BCUT2D eigenvalue weighted by molar-refractivity contribution is -0.121. The molecule has 20 heavy (non-hydrogen) atoms. The number of carbonyl (C=O) groups excluding carboxylic acids is 1. The summed E-state index contributed by atoms with van der Waals surface area (Å²) in [5.74, 6) is 5.90. The van der Waals surface area contributed by atoms with Crippen molar-refractivity contribution < 1.29 is 14.6 Å².